The van der Waals surface area contributed by atoms with Gasteiger partial charge in [-0.05, 0) is 23.3 Å². The molecule has 0 aliphatic heterocycles. The average Bonchev–Trinajstić information content (AvgIpc) is 3.71. The molecule has 0 spiro atoms. The summed E-state index contributed by atoms with van der Waals surface area (Å²) < 4.78 is 3.59. The summed E-state index contributed by atoms with van der Waals surface area (Å²) >= 11 is 0. The number of carboxylic acid groups (broad SMARTS) is 1. The molecule has 0 saturated heterocycles. The van der Waals surface area contributed by atoms with E-state index < -0.39 is 23.7 Å². The van der Waals surface area contributed by atoms with Gasteiger partial charge in [0, 0.05) is 40.6 Å². The minimum atomic E-state index is -1.28. The van der Waals surface area contributed by atoms with Crippen LogP contribution >= 0.6 is 0 Å². The molecule has 204 valence electrons. The van der Waals surface area contributed by atoms with Crippen molar-refractivity contribution in [3.63, 3.8) is 0 Å². The molecule has 0 bridgehead atoms. The van der Waals surface area contributed by atoms with E-state index >= 15 is 0 Å². The Labute approximate surface area is 234 Å². The van der Waals surface area contributed by atoms with Crippen LogP contribution in [-0.4, -0.2) is 53.4 Å². The molecule has 0 aliphatic carbocycles. The lowest BCUT2D eigenvalue weighted by Gasteiger charge is -2.13. The molecule has 3 heterocycles. The maximum atomic E-state index is 13.3. The summed E-state index contributed by atoms with van der Waals surface area (Å²) in [7, 11) is 0. The molecule has 1 amide bonds. The van der Waals surface area contributed by atoms with Crippen molar-refractivity contribution in [2.24, 2.45) is 0 Å². The second kappa shape index (κ2) is 10.9. The van der Waals surface area contributed by atoms with Crippen LogP contribution in [0.4, 0.5) is 0 Å². The number of hydrogen-bond acceptors (Lipinski definition) is 5. The molecule has 0 radical (unpaired) electrons. The van der Waals surface area contributed by atoms with Gasteiger partial charge in [0.25, 0.3) is 11.7 Å². The molecule has 6 aromatic rings. The van der Waals surface area contributed by atoms with Crippen molar-refractivity contribution in [3.8, 4) is 0 Å². The second-order valence-corrected chi connectivity index (χ2v) is 9.84. The van der Waals surface area contributed by atoms with Crippen LogP contribution in [0.1, 0.15) is 27.2 Å². The maximum absolute atomic E-state index is 13.3. The normalized spacial score (nSPS) is 12.0. The first kappa shape index (κ1) is 25.8. The van der Waals surface area contributed by atoms with Crippen LogP contribution < -0.4 is 5.32 Å². The minimum Gasteiger partial charge on any atom is -0.480 e. The summed E-state index contributed by atoms with van der Waals surface area (Å²) in [5.74, 6) is -3.01. The van der Waals surface area contributed by atoms with E-state index in [2.05, 4.69) is 20.6 Å². The predicted octanol–water partition coefficient (Wildman–Crippen LogP) is 3.81. The number of carbonyl (C=O) groups is 3. The topological polar surface area (TPSA) is 135 Å². The summed E-state index contributed by atoms with van der Waals surface area (Å²) in [4.78, 5) is 41.6. The number of carbonyl (C=O) groups excluding carboxylic acids is 2. The molecular formula is C31H26N6O4. The van der Waals surface area contributed by atoms with E-state index in [9.17, 15) is 19.5 Å². The summed E-state index contributed by atoms with van der Waals surface area (Å²) in [6.07, 6.45) is 5.20. The average molecular weight is 547 g/mol. The second-order valence-electron chi connectivity index (χ2n) is 9.84. The Morgan fingerprint density at radius 3 is 2.41 bits per heavy atom. The molecule has 3 aromatic heterocycles. The van der Waals surface area contributed by atoms with Gasteiger partial charge in [-0.15, -0.1) is 5.10 Å². The van der Waals surface area contributed by atoms with E-state index in [4.69, 9.17) is 0 Å². The first-order valence-corrected chi connectivity index (χ1v) is 13.1. The summed E-state index contributed by atoms with van der Waals surface area (Å²) in [5.41, 5.74) is 4.31. The fraction of sp³-hybridized carbons (Fsp3) is 0.129. The Hall–Kier alpha value is -5.51. The number of aromatic amines is 1. The van der Waals surface area contributed by atoms with Crippen molar-refractivity contribution in [1.82, 2.24) is 29.9 Å². The van der Waals surface area contributed by atoms with Gasteiger partial charge in [0.15, 0.2) is 0 Å². The number of ketones is 1. The number of Topliss-reactive ketones (excluding diaryl/α,β-unsaturated/α-hetero) is 1. The Morgan fingerprint density at radius 2 is 1.61 bits per heavy atom. The number of fused-ring (bicyclic) bond motifs is 2. The molecule has 10 heteroatoms. The molecule has 0 fully saturated rings. The van der Waals surface area contributed by atoms with Crippen molar-refractivity contribution in [2.75, 3.05) is 0 Å². The van der Waals surface area contributed by atoms with Gasteiger partial charge in [-0.25, -0.2) is 9.48 Å². The third-order valence-electron chi connectivity index (χ3n) is 7.05. The van der Waals surface area contributed by atoms with Gasteiger partial charge in [0.2, 0.25) is 0 Å². The van der Waals surface area contributed by atoms with E-state index in [0.717, 1.165) is 27.5 Å². The molecule has 10 nitrogen and oxygen atoms in total. The zero-order chi connectivity index (χ0) is 28.3. The van der Waals surface area contributed by atoms with Crippen molar-refractivity contribution in [2.45, 2.75) is 25.6 Å². The summed E-state index contributed by atoms with van der Waals surface area (Å²) in [5, 5.41) is 22.2. The van der Waals surface area contributed by atoms with Gasteiger partial charge in [0.05, 0.1) is 24.8 Å². The third kappa shape index (κ3) is 5.35. The molecule has 6 rings (SSSR count). The highest BCUT2D eigenvalue weighted by molar-refractivity contribution is 6.45. The van der Waals surface area contributed by atoms with Crippen LogP contribution in [0.25, 0.3) is 21.8 Å². The number of aromatic nitrogens is 5. The van der Waals surface area contributed by atoms with E-state index in [0.29, 0.717) is 24.2 Å². The number of benzene rings is 3. The highest BCUT2D eigenvalue weighted by atomic mass is 16.4. The van der Waals surface area contributed by atoms with Crippen LogP contribution in [0.15, 0.2) is 97.5 Å². The molecule has 0 aliphatic rings. The number of hydrogen-bond donors (Lipinski definition) is 3. The van der Waals surface area contributed by atoms with Gasteiger partial charge in [-0.3, -0.25) is 9.59 Å². The van der Waals surface area contributed by atoms with E-state index in [-0.39, 0.29) is 12.0 Å². The Bertz CT molecular complexity index is 1880. The number of H-pyrrole nitrogens is 1. The number of amides is 1. The number of nitrogens with zero attached hydrogens (tertiary/aromatic N) is 4. The van der Waals surface area contributed by atoms with Gasteiger partial charge in [0.1, 0.15) is 11.7 Å². The monoisotopic (exact) mass is 546 g/mol. The lowest BCUT2D eigenvalue weighted by Crippen LogP contribution is -2.45. The molecule has 3 aromatic carbocycles. The van der Waals surface area contributed by atoms with Crippen LogP contribution in [0, 0.1) is 0 Å². The molecule has 0 saturated carbocycles. The van der Waals surface area contributed by atoms with Gasteiger partial charge >= 0.3 is 5.97 Å². The lowest BCUT2D eigenvalue weighted by molar-refractivity contribution is -0.141. The first-order chi connectivity index (χ1) is 20.0. The standard InChI is InChI=1S/C31H26N6O4/c38-29(30(39)33-27(31(40)41)14-21-15-32-26-12-6-4-10-23(21)26)25-19-36(28-13-7-5-11-24(25)28)17-22-18-37(35-34-22)16-20-8-2-1-3-9-20/h1-13,15,18-19,27,32H,14,16-17H2,(H,33,39)(H,40,41)/t27-/m0/s1. The van der Waals surface area contributed by atoms with Gasteiger partial charge < -0.3 is 20.0 Å². The number of aliphatic carboxylic acids is 1. The number of rotatable bonds is 10. The molecule has 1 atom stereocenters. The number of para-hydroxylation sites is 2. The largest absolute Gasteiger partial charge is 0.480 e. The number of nitrogens with one attached hydrogen (secondary N) is 2. The zero-order valence-electron chi connectivity index (χ0n) is 21.9. The fourth-order valence-corrected chi connectivity index (χ4v) is 5.06. The summed E-state index contributed by atoms with van der Waals surface area (Å²) in [6.45, 7) is 0.913. The van der Waals surface area contributed by atoms with E-state index in [1.54, 1.807) is 29.2 Å². The smallest absolute Gasteiger partial charge is 0.326 e. The van der Waals surface area contributed by atoms with Crippen LogP contribution in [0.3, 0.4) is 0 Å². The third-order valence-corrected chi connectivity index (χ3v) is 7.05. The van der Waals surface area contributed by atoms with Crippen LogP contribution in [-0.2, 0) is 29.1 Å². The highest BCUT2D eigenvalue weighted by Crippen LogP contribution is 2.23. The van der Waals surface area contributed by atoms with Crippen LogP contribution in [0.2, 0.25) is 0 Å². The van der Waals surface area contributed by atoms with E-state index in [1.165, 1.54) is 0 Å². The molecule has 41 heavy (non-hydrogen) atoms. The molecule has 3 N–H and O–H groups in total. The van der Waals surface area contributed by atoms with Gasteiger partial charge in [-0.2, -0.15) is 0 Å². The van der Waals surface area contributed by atoms with Crippen molar-refractivity contribution in [3.05, 3.63) is 120 Å². The fourth-order valence-electron chi connectivity index (χ4n) is 5.06. The summed E-state index contributed by atoms with van der Waals surface area (Å²) in [6, 6.07) is 23.4. The Balaban J connectivity index is 1.21. The Morgan fingerprint density at radius 1 is 0.878 bits per heavy atom. The maximum Gasteiger partial charge on any atom is 0.326 e. The minimum absolute atomic E-state index is 0.0266. The molecular weight excluding hydrogens is 520 g/mol. The van der Waals surface area contributed by atoms with Crippen molar-refractivity contribution in [1.29, 1.82) is 0 Å². The Kier molecular flexibility index (Phi) is 6.87. The van der Waals surface area contributed by atoms with Crippen molar-refractivity contribution < 1.29 is 19.5 Å². The quantitative estimate of drug-likeness (QED) is 0.177. The predicted molar refractivity (Wildman–Crippen MR) is 153 cm³/mol. The lowest BCUT2D eigenvalue weighted by atomic mass is 10.0. The SMILES string of the molecule is O=C(N[C@@H](Cc1c[nH]c2ccccc12)C(=O)O)C(=O)c1cn(Cc2cn(Cc3ccccc3)nn2)c2ccccc12. The zero-order valence-corrected chi connectivity index (χ0v) is 21.9. The van der Waals surface area contributed by atoms with Crippen LogP contribution in [0.5, 0.6) is 0 Å². The van der Waals surface area contributed by atoms with Crippen molar-refractivity contribution >= 4 is 39.5 Å². The molecule has 0 unspecified atom stereocenters. The van der Waals surface area contributed by atoms with E-state index in [1.807, 2.05) is 77.5 Å². The highest BCUT2D eigenvalue weighted by Gasteiger charge is 2.28. The number of carboxylic acids is 1. The van der Waals surface area contributed by atoms with Gasteiger partial charge in [-0.1, -0.05) is 71.9 Å². The first-order valence-electron chi connectivity index (χ1n) is 13.1.